The van der Waals surface area contributed by atoms with Crippen LogP contribution in [0.1, 0.15) is 71.6 Å². The molecule has 1 N–H and O–H groups in total. The van der Waals surface area contributed by atoms with Crippen molar-refractivity contribution in [2.75, 3.05) is 19.6 Å². The normalized spacial score (nSPS) is 18.7. The molecular formula is C16H32N2O. The highest BCUT2D eigenvalue weighted by Gasteiger charge is 2.19. The summed E-state index contributed by atoms with van der Waals surface area (Å²) in [6.45, 7) is 7.21. The molecule has 1 amide bonds. The summed E-state index contributed by atoms with van der Waals surface area (Å²) in [7, 11) is 0. The van der Waals surface area contributed by atoms with E-state index in [9.17, 15) is 4.79 Å². The number of hydrogen-bond acceptors (Lipinski definition) is 2. The van der Waals surface area contributed by atoms with Gasteiger partial charge < -0.3 is 10.2 Å². The number of amides is 1. The van der Waals surface area contributed by atoms with Crippen molar-refractivity contribution < 1.29 is 4.79 Å². The van der Waals surface area contributed by atoms with Gasteiger partial charge in [0, 0.05) is 25.6 Å². The molecule has 3 nitrogen and oxygen atoms in total. The fourth-order valence-corrected chi connectivity index (χ4v) is 2.80. The van der Waals surface area contributed by atoms with E-state index in [2.05, 4.69) is 19.2 Å². The second kappa shape index (κ2) is 10.2. The summed E-state index contributed by atoms with van der Waals surface area (Å²) >= 11 is 0. The number of unbranched alkanes of at least 4 members (excludes halogenated alkanes) is 5. The lowest BCUT2D eigenvalue weighted by Gasteiger charge is -2.24. The van der Waals surface area contributed by atoms with Crippen LogP contribution in [0.2, 0.25) is 0 Å². The third-order valence-electron chi connectivity index (χ3n) is 4.08. The van der Waals surface area contributed by atoms with Gasteiger partial charge in [-0.2, -0.15) is 0 Å². The molecule has 19 heavy (non-hydrogen) atoms. The molecule has 1 atom stereocenters. The average molecular weight is 268 g/mol. The largest absolute Gasteiger partial charge is 0.341 e. The van der Waals surface area contributed by atoms with E-state index in [0.29, 0.717) is 11.9 Å². The lowest BCUT2D eigenvalue weighted by molar-refractivity contribution is -0.131. The van der Waals surface area contributed by atoms with Crippen LogP contribution >= 0.6 is 0 Å². The van der Waals surface area contributed by atoms with Gasteiger partial charge in [0.1, 0.15) is 0 Å². The van der Waals surface area contributed by atoms with Crippen LogP contribution in [0.15, 0.2) is 0 Å². The Morgan fingerprint density at radius 2 is 1.89 bits per heavy atom. The molecule has 0 radical (unpaired) electrons. The molecule has 1 saturated heterocycles. The Kier molecular flexibility index (Phi) is 8.89. The van der Waals surface area contributed by atoms with Gasteiger partial charge in [0.05, 0.1) is 0 Å². The smallest absolute Gasteiger partial charge is 0.222 e. The van der Waals surface area contributed by atoms with Gasteiger partial charge in [0.25, 0.3) is 0 Å². The summed E-state index contributed by atoms with van der Waals surface area (Å²) in [5.41, 5.74) is 0. The van der Waals surface area contributed by atoms with Crippen LogP contribution in [-0.2, 0) is 4.79 Å². The van der Waals surface area contributed by atoms with Gasteiger partial charge in [0.15, 0.2) is 0 Å². The lowest BCUT2D eigenvalue weighted by Crippen LogP contribution is -2.40. The maximum atomic E-state index is 12.1. The minimum absolute atomic E-state index is 0.353. The number of likely N-dealkylation sites (N-methyl/N-ethyl adjacent to an activating group) is 1. The molecule has 1 aliphatic heterocycles. The van der Waals surface area contributed by atoms with Gasteiger partial charge in [-0.1, -0.05) is 39.0 Å². The fraction of sp³-hybridized carbons (Fsp3) is 0.938. The lowest BCUT2D eigenvalue weighted by atomic mass is 10.1. The zero-order valence-corrected chi connectivity index (χ0v) is 12.9. The quantitative estimate of drug-likeness (QED) is 0.616. The van der Waals surface area contributed by atoms with E-state index in [1.807, 2.05) is 4.90 Å². The van der Waals surface area contributed by atoms with Gasteiger partial charge in [-0.3, -0.25) is 4.79 Å². The predicted octanol–water partition coefficient (Wildman–Crippen LogP) is 3.34. The molecular weight excluding hydrogens is 236 g/mol. The van der Waals surface area contributed by atoms with E-state index < -0.39 is 0 Å². The van der Waals surface area contributed by atoms with Crippen molar-refractivity contribution in [2.45, 2.75) is 77.7 Å². The number of hydrogen-bond donors (Lipinski definition) is 1. The summed E-state index contributed by atoms with van der Waals surface area (Å²) in [6.07, 6.45) is 10.7. The van der Waals surface area contributed by atoms with E-state index >= 15 is 0 Å². The highest BCUT2D eigenvalue weighted by atomic mass is 16.2. The Bertz CT molecular complexity index is 237. The zero-order chi connectivity index (χ0) is 13.9. The van der Waals surface area contributed by atoms with Gasteiger partial charge in [-0.15, -0.1) is 0 Å². The first-order chi connectivity index (χ1) is 9.27. The summed E-state index contributed by atoms with van der Waals surface area (Å²) in [6, 6.07) is 0.536. The van der Waals surface area contributed by atoms with Crippen molar-refractivity contribution in [1.82, 2.24) is 10.2 Å². The highest BCUT2D eigenvalue weighted by molar-refractivity contribution is 5.76. The molecule has 0 aliphatic carbocycles. The van der Waals surface area contributed by atoms with Crippen LogP contribution < -0.4 is 5.32 Å². The first-order valence-corrected chi connectivity index (χ1v) is 8.29. The molecule has 0 aromatic carbocycles. The zero-order valence-electron chi connectivity index (χ0n) is 12.9. The van der Waals surface area contributed by atoms with Gasteiger partial charge in [-0.25, -0.2) is 0 Å². The number of rotatable bonds is 10. The molecule has 0 spiro atoms. The first-order valence-electron chi connectivity index (χ1n) is 8.29. The van der Waals surface area contributed by atoms with Gasteiger partial charge in [-0.05, 0) is 32.7 Å². The minimum atomic E-state index is 0.353. The number of nitrogens with zero attached hydrogens (tertiary/aromatic N) is 1. The summed E-state index contributed by atoms with van der Waals surface area (Å²) in [4.78, 5) is 14.2. The van der Waals surface area contributed by atoms with E-state index in [1.54, 1.807) is 0 Å². The van der Waals surface area contributed by atoms with Crippen LogP contribution in [0.5, 0.6) is 0 Å². The van der Waals surface area contributed by atoms with Gasteiger partial charge >= 0.3 is 0 Å². The molecule has 0 aromatic heterocycles. The minimum Gasteiger partial charge on any atom is -0.341 e. The highest BCUT2D eigenvalue weighted by Crippen LogP contribution is 2.11. The molecule has 1 fully saturated rings. The molecule has 1 unspecified atom stereocenters. The van der Waals surface area contributed by atoms with Crippen LogP contribution in [-0.4, -0.2) is 36.5 Å². The third-order valence-corrected chi connectivity index (χ3v) is 4.08. The monoisotopic (exact) mass is 268 g/mol. The van der Waals surface area contributed by atoms with E-state index in [1.165, 1.54) is 44.9 Å². The Balaban J connectivity index is 2.10. The Hall–Kier alpha value is -0.570. The first kappa shape index (κ1) is 16.5. The molecule has 1 heterocycles. The summed E-state index contributed by atoms with van der Waals surface area (Å²) in [5, 5.41) is 3.47. The molecule has 1 aliphatic rings. The topological polar surface area (TPSA) is 32.3 Å². The standard InChI is InChI=1S/C16H32N2O/c1-3-5-6-7-8-9-12-16(19)18(4-2)14-15-11-10-13-17-15/h15,17H,3-14H2,1-2H3. The fourth-order valence-electron chi connectivity index (χ4n) is 2.80. The third kappa shape index (κ3) is 6.95. The second-order valence-electron chi connectivity index (χ2n) is 5.74. The number of nitrogens with one attached hydrogen (secondary N) is 1. The van der Waals surface area contributed by atoms with Crippen molar-refractivity contribution in [2.24, 2.45) is 0 Å². The van der Waals surface area contributed by atoms with E-state index in [4.69, 9.17) is 0 Å². The Labute approximate surface area is 119 Å². The molecule has 112 valence electrons. The average Bonchev–Trinajstić information content (AvgIpc) is 2.92. The van der Waals surface area contributed by atoms with Crippen molar-refractivity contribution in [3.63, 3.8) is 0 Å². The van der Waals surface area contributed by atoms with Crippen molar-refractivity contribution in [3.05, 3.63) is 0 Å². The molecule has 0 aromatic rings. The molecule has 0 saturated carbocycles. The maximum absolute atomic E-state index is 12.1. The summed E-state index contributed by atoms with van der Waals surface area (Å²) in [5.74, 6) is 0.353. The Morgan fingerprint density at radius 3 is 2.53 bits per heavy atom. The SMILES string of the molecule is CCCCCCCCC(=O)N(CC)CC1CCCN1. The van der Waals surface area contributed by atoms with Crippen molar-refractivity contribution in [3.8, 4) is 0 Å². The van der Waals surface area contributed by atoms with Crippen LogP contribution in [0.25, 0.3) is 0 Å². The van der Waals surface area contributed by atoms with E-state index in [0.717, 1.165) is 32.5 Å². The molecule has 1 rings (SSSR count). The van der Waals surface area contributed by atoms with Crippen molar-refractivity contribution in [1.29, 1.82) is 0 Å². The number of carbonyl (C=O) groups is 1. The summed E-state index contributed by atoms with van der Waals surface area (Å²) < 4.78 is 0. The van der Waals surface area contributed by atoms with Gasteiger partial charge in [0.2, 0.25) is 5.91 Å². The van der Waals surface area contributed by atoms with Crippen molar-refractivity contribution >= 4 is 5.91 Å². The number of carbonyl (C=O) groups excluding carboxylic acids is 1. The second-order valence-corrected chi connectivity index (χ2v) is 5.74. The molecule has 3 heteroatoms. The predicted molar refractivity (Wildman–Crippen MR) is 81.3 cm³/mol. The van der Waals surface area contributed by atoms with E-state index in [-0.39, 0.29) is 0 Å². The van der Waals surface area contributed by atoms with Crippen LogP contribution in [0.3, 0.4) is 0 Å². The Morgan fingerprint density at radius 1 is 1.16 bits per heavy atom. The molecule has 0 bridgehead atoms. The maximum Gasteiger partial charge on any atom is 0.222 e. The van der Waals surface area contributed by atoms with Crippen LogP contribution in [0.4, 0.5) is 0 Å². The van der Waals surface area contributed by atoms with Crippen LogP contribution in [0, 0.1) is 0 Å².